The van der Waals surface area contributed by atoms with Crippen LogP contribution in [0.2, 0.25) is 0 Å². The van der Waals surface area contributed by atoms with Gasteiger partial charge in [0, 0.05) is 5.69 Å². The minimum Gasteiger partial charge on any atom is -0.355 e. The summed E-state index contributed by atoms with van der Waals surface area (Å²) in [6.45, 7) is 5.96. The lowest BCUT2D eigenvalue weighted by Gasteiger charge is -1.96. The van der Waals surface area contributed by atoms with Gasteiger partial charge in [-0.1, -0.05) is 19.9 Å². The lowest BCUT2D eigenvalue weighted by Crippen LogP contribution is -1.85. The highest BCUT2D eigenvalue weighted by atomic mass is 31.0. The maximum absolute atomic E-state index is 4.16. The number of hydrogen-bond donors (Lipinski definition) is 1. The average Bonchev–Trinajstić information content (AvgIpc) is 2.08. The molecule has 0 spiro atoms. The van der Waals surface area contributed by atoms with Gasteiger partial charge >= 0.3 is 0 Å². The molecule has 0 radical (unpaired) electrons. The number of aromatic nitrogens is 1. The van der Waals surface area contributed by atoms with Crippen LogP contribution in [0.25, 0.3) is 0 Å². The predicted molar refractivity (Wildman–Crippen MR) is 53.7 cm³/mol. The van der Waals surface area contributed by atoms with Crippen LogP contribution in [-0.4, -0.2) is 4.98 Å². The number of aryl methyl sites for hydroxylation is 1. The standard InChI is InChI=1S/C6H9N2P.C2H6/c1-5-3-2-4-6(7-5)8-9;1-2/h2-4H,9H2,1H3,(H,7,8);1-2H3. The first kappa shape index (κ1) is 10.4. The Morgan fingerprint density at radius 2 is 2.00 bits per heavy atom. The molecule has 3 heteroatoms. The van der Waals surface area contributed by atoms with Crippen molar-refractivity contribution in [2.75, 3.05) is 5.09 Å². The highest BCUT2D eigenvalue weighted by Gasteiger charge is 1.86. The molecule has 11 heavy (non-hydrogen) atoms. The molecule has 1 heterocycles. The van der Waals surface area contributed by atoms with Gasteiger partial charge in [0.25, 0.3) is 0 Å². The fraction of sp³-hybridized carbons (Fsp3) is 0.375. The van der Waals surface area contributed by atoms with Gasteiger partial charge in [0.05, 0.1) is 0 Å². The molecule has 0 amide bonds. The lowest BCUT2D eigenvalue weighted by atomic mass is 10.4. The molecule has 1 N–H and O–H groups in total. The second-order valence-corrected chi connectivity index (χ2v) is 2.10. The van der Waals surface area contributed by atoms with Crippen LogP contribution in [0.5, 0.6) is 0 Å². The van der Waals surface area contributed by atoms with E-state index < -0.39 is 0 Å². The van der Waals surface area contributed by atoms with Crippen molar-refractivity contribution in [1.29, 1.82) is 0 Å². The summed E-state index contributed by atoms with van der Waals surface area (Å²) in [7, 11) is 2.40. The highest BCUT2D eigenvalue weighted by Crippen LogP contribution is 2.04. The number of nitrogens with one attached hydrogen (secondary N) is 1. The Bertz CT molecular complexity index is 201. The number of anilines is 1. The Labute approximate surface area is 70.7 Å². The SMILES string of the molecule is CC.Cc1cccc(NP)n1. The number of pyridine rings is 1. The van der Waals surface area contributed by atoms with E-state index in [-0.39, 0.29) is 0 Å². The summed E-state index contributed by atoms with van der Waals surface area (Å²) in [6.07, 6.45) is 0. The molecule has 1 atom stereocenters. The van der Waals surface area contributed by atoms with Crippen LogP contribution in [0.1, 0.15) is 19.5 Å². The van der Waals surface area contributed by atoms with E-state index in [9.17, 15) is 0 Å². The Morgan fingerprint density at radius 1 is 1.36 bits per heavy atom. The largest absolute Gasteiger partial charge is 0.355 e. The monoisotopic (exact) mass is 170 g/mol. The summed E-state index contributed by atoms with van der Waals surface area (Å²) >= 11 is 0. The van der Waals surface area contributed by atoms with Gasteiger partial charge in [-0.15, -0.1) is 0 Å². The van der Waals surface area contributed by atoms with Crippen LogP contribution in [-0.2, 0) is 0 Å². The number of nitrogens with zero attached hydrogens (tertiary/aromatic N) is 1. The molecule has 0 aromatic carbocycles. The van der Waals surface area contributed by atoms with Crippen LogP contribution < -0.4 is 5.09 Å². The number of rotatable bonds is 1. The van der Waals surface area contributed by atoms with Crippen LogP contribution in [0.15, 0.2) is 18.2 Å². The van der Waals surface area contributed by atoms with Gasteiger partial charge in [-0.2, -0.15) is 0 Å². The van der Waals surface area contributed by atoms with E-state index in [1.165, 1.54) is 0 Å². The van der Waals surface area contributed by atoms with Crippen molar-refractivity contribution in [3.63, 3.8) is 0 Å². The van der Waals surface area contributed by atoms with E-state index in [2.05, 4.69) is 19.5 Å². The molecule has 0 aliphatic heterocycles. The number of hydrogen-bond acceptors (Lipinski definition) is 2. The third-order valence-electron chi connectivity index (χ3n) is 1.04. The first-order chi connectivity index (χ1) is 5.33. The molecular weight excluding hydrogens is 155 g/mol. The molecule has 0 saturated carbocycles. The van der Waals surface area contributed by atoms with E-state index >= 15 is 0 Å². The highest BCUT2D eigenvalue weighted by molar-refractivity contribution is 7.18. The summed E-state index contributed by atoms with van der Waals surface area (Å²) in [5.41, 5.74) is 1.03. The third-order valence-corrected chi connectivity index (χ3v) is 1.33. The Morgan fingerprint density at radius 3 is 2.36 bits per heavy atom. The van der Waals surface area contributed by atoms with Crippen LogP contribution >= 0.6 is 9.39 Å². The van der Waals surface area contributed by atoms with Crippen molar-refractivity contribution in [2.45, 2.75) is 20.8 Å². The average molecular weight is 170 g/mol. The van der Waals surface area contributed by atoms with Crippen LogP contribution in [0.4, 0.5) is 5.82 Å². The van der Waals surface area contributed by atoms with Crippen molar-refractivity contribution in [3.05, 3.63) is 23.9 Å². The molecular formula is C8H15N2P. The van der Waals surface area contributed by atoms with Crippen molar-refractivity contribution in [1.82, 2.24) is 4.98 Å². The molecule has 1 rings (SSSR count). The third kappa shape index (κ3) is 3.94. The zero-order chi connectivity index (χ0) is 8.69. The normalized spacial score (nSPS) is 8.00. The maximum atomic E-state index is 4.16. The van der Waals surface area contributed by atoms with Gasteiger partial charge in [-0.3, -0.25) is 0 Å². The topological polar surface area (TPSA) is 24.9 Å². The molecule has 2 nitrogen and oxygen atoms in total. The maximum Gasteiger partial charge on any atom is 0.129 e. The fourth-order valence-corrected chi connectivity index (χ4v) is 0.784. The van der Waals surface area contributed by atoms with Crippen LogP contribution in [0.3, 0.4) is 0 Å². The molecule has 0 fully saturated rings. The van der Waals surface area contributed by atoms with Gasteiger partial charge in [-0.05, 0) is 28.4 Å². The van der Waals surface area contributed by atoms with E-state index in [1.807, 2.05) is 39.0 Å². The second kappa shape index (κ2) is 6.11. The molecule has 0 aliphatic carbocycles. The first-order valence-corrected chi connectivity index (χ1v) is 4.31. The molecule has 0 aliphatic rings. The smallest absolute Gasteiger partial charge is 0.129 e. The quantitative estimate of drug-likeness (QED) is 0.655. The Kier molecular flexibility index (Phi) is 5.77. The second-order valence-electron chi connectivity index (χ2n) is 1.81. The van der Waals surface area contributed by atoms with E-state index in [0.717, 1.165) is 11.5 Å². The zero-order valence-electron chi connectivity index (χ0n) is 7.26. The van der Waals surface area contributed by atoms with Gasteiger partial charge in [0.15, 0.2) is 0 Å². The minimum absolute atomic E-state index is 0.889. The Balaban J connectivity index is 0.000000461. The molecule has 0 bridgehead atoms. The minimum atomic E-state index is 0.889. The fourth-order valence-electron chi connectivity index (χ4n) is 0.623. The molecule has 0 saturated heterocycles. The van der Waals surface area contributed by atoms with E-state index in [1.54, 1.807) is 0 Å². The van der Waals surface area contributed by atoms with Gasteiger partial charge in [-0.25, -0.2) is 4.98 Å². The van der Waals surface area contributed by atoms with Crippen molar-refractivity contribution in [2.24, 2.45) is 0 Å². The van der Waals surface area contributed by atoms with Crippen molar-refractivity contribution < 1.29 is 0 Å². The van der Waals surface area contributed by atoms with Crippen molar-refractivity contribution in [3.8, 4) is 0 Å². The molecule has 62 valence electrons. The lowest BCUT2D eigenvalue weighted by molar-refractivity contribution is 1.21. The molecule has 1 unspecified atom stereocenters. The first-order valence-electron chi connectivity index (χ1n) is 3.73. The van der Waals surface area contributed by atoms with Gasteiger partial charge in [0.1, 0.15) is 5.82 Å². The summed E-state index contributed by atoms with van der Waals surface area (Å²) < 4.78 is 0. The predicted octanol–water partition coefficient (Wildman–Crippen LogP) is 2.62. The van der Waals surface area contributed by atoms with Gasteiger partial charge < -0.3 is 5.09 Å². The summed E-state index contributed by atoms with van der Waals surface area (Å²) in [5.74, 6) is 0.889. The summed E-state index contributed by atoms with van der Waals surface area (Å²) in [6, 6.07) is 5.85. The van der Waals surface area contributed by atoms with E-state index in [4.69, 9.17) is 0 Å². The summed E-state index contributed by atoms with van der Waals surface area (Å²) in [5, 5.41) is 2.87. The van der Waals surface area contributed by atoms with E-state index in [0.29, 0.717) is 0 Å². The molecule has 1 aromatic heterocycles. The van der Waals surface area contributed by atoms with Crippen molar-refractivity contribution >= 4 is 15.2 Å². The summed E-state index contributed by atoms with van der Waals surface area (Å²) in [4.78, 5) is 4.16. The van der Waals surface area contributed by atoms with Crippen LogP contribution in [0, 0.1) is 6.92 Å². The van der Waals surface area contributed by atoms with Gasteiger partial charge in [0.2, 0.25) is 0 Å². The molecule has 1 aromatic rings. The zero-order valence-corrected chi connectivity index (χ0v) is 8.41. The Hall–Kier alpha value is -0.620.